The summed E-state index contributed by atoms with van der Waals surface area (Å²) in [5.74, 6) is 0.632. The van der Waals surface area contributed by atoms with Crippen LogP contribution in [0.4, 0.5) is 11.5 Å². The van der Waals surface area contributed by atoms with Crippen molar-refractivity contribution in [3.8, 4) is 0 Å². The molecule has 0 atom stereocenters. The zero-order valence-electron chi connectivity index (χ0n) is 15.1. The molecule has 8 heteroatoms. The molecule has 0 N–H and O–H groups in total. The molecule has 1 aromatic heterocycles. The Morgan fingerprint density at radius 3 is 2.36 bits per heavy atom. The van der Waals surface area contributed by atoms with E-state index in [4.69, 9.17) is 0 Å². The van der Waals surface area contributed by atoms with E-state index in [-0.39, 0.29) is 5.69 Å². The highest BCUT2D eigenvalue weighted by atomic mass is 32.2. The molecular weight excluding hydrogens is 378 g/mol. The summed E-state index contributed by atoms with van der Waals surface area (Å²) >= 11 is 0. The predicted octanol–water partition coefficient (Wildman–Crippen LogP) is 3.59. The Kier molecular flexibility index (Phi) is 4.72. The summed E-state index contributed by atoms with van der Waals surface area (Å²) in [6.07, 6.45) is 2.22. The lowest BCUT2D eigenvalue weighted by Gasteiger charge is -2.32. The fourth-order valence-electron chi connectivity index (χ4n) is 3.61. The van der Waals surface area contributed by atoms with E-state index in [2.05, 4.69) is 4.98 Å². The van der Waals surface area contributed by atoms with E-state index in [1.54, 1.807) is 18.2 Å². The Hall–Kier alpha value is -3.00. The molecule has 3 aromatic rings. The fourth-order valence-corrected chi connectivity index (χ4v) is 5.37. The Labute approximate surface area is 162 Å². The molecule has 2 aromatic carbocycles. The molecule has 0 radical (unpaired) electrons. The van der Waals surface area contributed by atoms with E-state index in [0.717, 1.165) is 10.8 Å². The molecule has 0 unspecified atom stereocenters. The molecule has 0 aliphatic carbocycles. The van der Waals surface area contributed by atoms with Crippen molar-refractivity contribution in [2.45, 2.75) is 23.0 Å². The van der Waals surface area contributed by atoms with Crippen molar-refractivity contribution in [3.05, 3.63) is 70.9 Å². The molecule has 1 saturated heterocycles. The van der Waals surface area contributed by atoms with Crippen molar-refractivity contribution >= 4 is 32.1 Å². The minimum atomic E-state index is -3.41. The third kappa shape index (κ3) is 3.43. The first-order chi connectivity index (χ1) is 13.4. The first kappa shape index (κ1) is 18.4. The Balaban J connectivity index is 1.49. The van der Waals surface area contributed by atoms with Gasteiger partial charge in [0.15, 0.2) is 9.84 Å². The highest BCUT2D eigenvalue weighted by molar-refractivity contribution is 7.92. The molecule has 4 rings (SSSR count). The summed E-state index contributed by atoms with van der Waals surface area (Å²) in [7, 11) is -3.41. The molecule has 7 nitrogen and oxygen atoms in total. The molecule has 0 spiro atoms. The van der Waals surface area contributed by atoms with Gasteiger partial charge in [0.1, 0.15) is 12.0 Å². The summed E-state index contributed by atoms with van der Waals surface area (Å²) in [6, 6.07) is 16.0. The lowest BCUT2D eigenvalue weighted by Crippen LogP contribution is -2.39. The van der Waals surface area contributed by atoms with Crippen molar-refractivity contribution < 1.29 is 13.3 Å². The van der Waals surface area contributed by atoms with Crippen molar-refractivity contribution in [2.24, 2.45) is 0 Å². The van der Waals surface area contributed by atoms with Crippen LogP contribution in [-0.4, -0.2) is 36.7 Å². The van der Waals surface area contributed by atoms with Crippen LogP contribution in [0.1, 0.15) is 12.8 Å². The van der Waals surface area contributed by atoms with Gasteiger partial charge in [-0.2, -0.15) is 0 Å². The molecule has 1 aliphatic rings. The minimum Gasteiger partial charge on any atom is -0.357 e. The molecule has 0 saturated carbocycles. The van der Waals surface area contributed by atoms with E-state index >= 15 is 0 Å². The largest absolute Gasteiger partial charge is 0.357 e. The number of benzene rings is 2. The van der Waals surface area contributed by atoms with Gasteiger partial charge in [-0.1, -0.05) is 30.3 Å². The van der Waals surface area contributed by atoms with Crippen LogP contribution in [0.3, 0.4) is 0 Å². The Morgan fingerprint density at radius 2 is 1.71 bits per heavy atom. The number of hydrogen-bond donors (Lipinski definition) is 0. The average molecular weight is 397 g/mol. The van der Waals surface area contributed by atoms with Gasteiger partial charge >= 0.3 is 0 Å². The first-order valence-electron chi connectivity index (χ1n) is 9.03. The summed E-state index contributed by atoms with van der Waals surface area (Å²) in [4.78, 5) is 16.7. The average Bonchev–Trinajstić information content (AvgIpc) is 2.73. The van der Waals surface area contributed by atoms with E-state index < -0.39 is 20.0 Å². The second kappa shape index (κ2) is 7.20. The van der Waals surface area contributed by atoms with Crippen molar-refractivity contribution in [2.75, 3.05) is 18.0 Å². The quantitative estimate of drug-likeness (QED) is 0.493. The molecule has 1 aliphatic heterocycles. The second-order valence-corrected chi connectivity index (χ2v) is 9.10. The van der Waals surface area contributed by atoms with Gasteiger partial charge in [0.25, 0.3) is 5.69 Å². The lowest BCUT2D eigenvalue weighted by atomic mass is 10.1. The van der Waals surface area contributed by atoms with Gasteiger partial charge in [0.2, 0.25) is 0 Å². The number of fused-ring (bicyclic) bond motifs is 1. The normalized spacial score (nSPS) is 15.6. The molecule has 144 valence electrons. The van der Waals surface area contributed by atoms with Crippen LogP contribution in [0.2, 0.25) is 0 Å². The van der Waals surface area contributed by atoms with Crippen molar-refractivity contribution in [1.82, 2.24) is 4.98 Å². The van der Waals surface area contributed by atoms with Gasteiger partial charge in [-0.15, -0.1) is 0 Å². The van der Waals surface area contributed by atoms with Crippen LogP contribution in [0, 0.1) is 10.1 Å². The lowest BCUT2D eigenvalue weighted by molar-refractivity contribution is -0.385. The van der Waals surface area contributed by atoms with E-state index in [1.165, 1.54) is 12.3 Å². The number of anilines is 1. The number of nitro groups is 1. The maximum absolute atomic E-state index is 13.1. The van der Waals surface area contributed by atoms with Gasteiger partial charge in [0.05, 0.1) is 15.1 Å². The van der Waals surface area contributed by atoms with Gasteiger partial charge in [0, 0.05) is 19.2 Å². The number of sulfone groups is 1. The number of rotatable bonds is 4. The highest BCUT2D eigenvalue weighted by Crippen LogP contribution is 2.29. The number of aromatic nitrogens is 1. The third-order valence-electron chi connectivity index (χ3n) is 5.20. The molecular formula is C20H19N3O4S. The number of nitrogens with zero attached hydrogens (tertiary/aromatic N) is 3. The van der Waals surface area contributed by atoms with Gasteiger partial charge in [-0.3, -0.25) is 10.1 Å². The monoisotopic (exact) mass is 397 g/mol. The second-order valence-electron chi connectivity index (χ2n) is 6.87. The Morgan fingerprint density at radius 1 is 1.00 bits per heavy atom. The van der Waals surface area contributed by atoms with Gasteiger partial charge < -0.3 is 4.90 Å². The summed E-state index contributed by atoms with van der Waals surface area (Å²) in [5, 5.41) is 12.2. The summed E-state index contributed by atoms with van der Waals surface area (Å²) in [5.41, 5.74) is -0.0579. The molecule has 0 bridgehead atoms. The minimum absolute atomic E-state index is 0.0579. The number of hydrogen-bond acceptors (Lipinski definition) is 6. The van der Waals surface area contributed by atoms with Crippen LogP contribution >= 0.6 is 0 Å². The van der Waals surface area contributed by atoms with Crippen LogP contribution in [-0.2, 0) is 9.84 Å². The maximum atomic E-state index is 13.1. The molecule has 28 heavy (non-hydrogen) atoms. The van der Waals surface area contributed by atoms with Crippen LogP contribution in [0.5, 0.6) is 0 Å². The maximum Gasteiger partial charge on any atom is 0.287 e. The van der Waals surface area contributed by atoms with Crippen molar-refractivity contribution in [3.63, 3.8) is 0 Å². The zero-order chi connectivity index (χ0) is 19.7. The summed E-state index contributed by atoms with van der Waals surface area (Å²) in [6.45, 7) is 1.09. The smallest absolute Gasteiger partial charge is 0.287 e. The SMILES string of the molecule is O=[N+]([O-])c1ccc(N2CCC(S(=O)(=O)c3ccc4ccccc4c3)CC2)nc1. The predicted molar refractivity (Wildman–Crippen MR) is 107 cm³/mol. The first-order valence-corrected chi connectivity index (χ1v) is 10.6. The van der Waals surface area contributed by atoms with E-state index in [0.29, 0.717) is 36.6 Å². The van der Waals surface area contributed by atoms with Crippen LogP contribution < -0.4 is 4.90 Å². The third-order valence-corrected chi connectivity index (χ3v) is 7.46. The molecule has 1 fully saturated rings. The summed E-state index contributed by atoms with van der Waals surface area (Å²) < 4.78 is 26.2. The number of piperidine rings is 1. The fraction of sp³-hybridized carbons (Fsp3) is 0.250. The molecule has 0 amide bonds. The van der Waals surface area contributed by atoms with E-state index in [1.807, 2.05) is 35.2 Å². The van der Waals surface area contributed by atoms with Crippen molar-refractivity contribution in [1.29, 1.82) is 0 Å². The van der Waals surface area contributed by atoms with Crippen LogP contribution in [0.15, 0.2) is 65.7 Å². The van der Waals surface area contributed by atoms with Gasteiger partial charge in [-0.25, -0.2) is 13.4 Å². The zero-order valence-corrected chi connectivity index (χ0v) is 15.9. The standard InChI is InChI=1S/C20H19N3O4S/c24-23(25)17-6-8-20(21-14-17)22-11-9-18(10-12-22)28(26,27)19-7-5-15-3-1-2-4-16(15)13-19/h1-8,13-14,18H,9-12H2. The van der Waals surface area contributed by atoms with Crippen LogP contribution in [0.25, 0.3) is 10.8 Å². The topological polar surface area (TPSA) is 93.4 Å². The van der Waals surface area contributed by atoms with E-state index in [9.17, 15) is 18.5 Å². The number of pyridine rings is 1. The Bertz CT molecular complexity index is 1120. The van der Waals surface area contributed by atoms with Gasteiger partial charge in [-0.05, 0) is 41.8 Å². The molecule has 2 heterocycles. The highest BCUT2D eigenvalue weighted by Gasteiger charge is 2.32.